The van der Waals surface area contributed by atoms with Crippen LogP contribution in [0.4, 0.5) is 0 Å². The average Bonchev–Trinajstić information content (AvgIpc) is 2.81. The number of aryl methyl sites for hydroxylation is 1. The number of carbonyl (C=O) groups is 1. The van der Waals surface area contributed by atoms with Crippen molar-refractivity contribution >= 4 is 18.3 Å². The van der Waals surface area contributed by atoms with Gasteiger partial charge >= 0.3 is 0 Å². The third-order valence-electron chi connectivity index (χ3n) is 3.70. The van der Waals surface area contributed by atoms with Gasteiger partial charge in [0.15, 0.2) is 0 Å². The number of amides is 1. The van der Waals surface area contributed by atoms with Crippen LogP contribution in [0.2, 0.25) is 0 Å². The molecule has 0 atom stereocenters. The molecule has 0 radical (unpaired) electrons. The predicted octanol–water partition coefficient (Wildman–Crippen LogP) is 0.808. The summed E-state index contributed by atoms with van der Waals surface area (Å²) >= 11 is 0. The highest BCUT2D eigenvalue weighted by Crippen LogP contribution is 2.28. The summed E-state index contributed by atoms with van der Waals surface area (Å²) in [6.45, 7) is 0.423. The zero-order valence-electron chi connectivity index (χ0n) is 11.0. The van der Waals surface area contributed by atoms with E-state index in [0.717, 1.165) is 25.7 Å². The fourth-order valence-corrected chi connectivity index (χ4v) is 2.51. The number of carbonyl (C=O) groups excluding carboxylic acids is 1. The third kappa shape index (κ3) is 3.16. The van der Waals surface area contributed by atoms with Crippen LogP contribution in [0.1, 0.15) is 36.0 Å². The van der Waals surface area contributed by atoms with Crippen molar-refractivity contribution in [3.63, 3.8) is 0 Å². The van der Waals surface area contributed by atoms with Crippen LogP contribution in [0.3, 0.4) is 0 Å². The Hall–Kier alpha value is -1.33. The van der Waals surface area contributed by atoms with Crippen LogP contribution in [-0.2, 0) is 7.05 Å². The van der Waals surface area contributed by atoms with Gasteiger partial charge in [0.25, 0.3) is 11.5 Å². The number of pyridine rings is 1. The van der Waals surface area contributed by atoms with E-state index in [2.05, 4.69) is 5.32 Å². The first kappa shape index (κ1) is 15.7. The molecule has 1 aliphatic rings. The first-order valence-electron chi connectivity index (χ1n) is 6.26. The van der Waals surface area contributed by atoms with Gasteiger partial charge < -0.3 is 15.6 Å². The lowest BCUT2D eigenvalue weighted by molar-refractivity contribution is 0.0901. The highest BCUT2D eigenvalue weighted by molar-refractivity contribution is 5.94. The maximum absolute atomic E-state index is 12.2. The molecule has 19 heavy (non-hydrogen) atoms. The lowest BCUT2D eigenvalue weighted by atomic mass is 9.97. The second-order valence-electron chi connectivity index (χ2n) is 4.98. The quantitative estimate of drug-likeness (QED) is 0.863. The van der Waals surface area contributed by atoms with E-state index in [1.165, 1.54) is 4.57 Å². The van der Waals surface area contributed by atoms with Crippen LogP contribution in [0, 0.1) is 0 Å². The number of aromatic nitrogens is 1. The Morgan fingerprint density at radius 2 is 2.11 bits per heavy atom. The minimum Gasteiger partial charge on any atom is -0.345 e. The SMILES string of the molecule is Cl.Cn1cccc(C(=O)NC2(CN)CCCC2)c1=O. The molecule has 0 saturated heterocycles. The summed E-state index contributed by atoms with van der Waals surface area (Å²) in [4.78, 5) is 24.0. The van der Waals surface area contributed by atoms with E-state index in [4.69, 9.17) is 5.73 Å². The molecular weight excluding hydrogens is 266 g/mol. The lowest BCUT2D eigenvalue weighted by Gasteiger charge is -2.28. The second-order valence-corrected chi connectivity index (χ2v) is 4.98. The molecule has 1 aromatic rings. The van der Waals surface area contributed by atoms with Gasteiger partial charge in [0.1, 0.15) is 5.56 Å². The topological polar surface area (TPSA) is 77.1 Å². The molecule has 2 rings (SSSR count). The smallest absolute Gasteiger partial charge is 0.263 e. The van der Waals surface area contributed by atoms with E-state index in [9.17, 15) is 9.59 Å². The molecule has 3 N–H and O–H groups in total. The summed E-state index contributed by atoms with van der Waals surface area (Å²) in [5.41, 5.74) is 5.35. The Morgan fingerprint density at radius 1 is 1.47 bits per heavy atom. The van der Waals surface area contributed by atoms with Gasteiger partial charge in [0.05, 0.1) is 5.54 Å². The van der Waals surface area contributed by atoms with Gasteiger partial charge in [-0.25, -0.2) is 0 Å². The van der Waals surface area contributed by atoms with Crippen LogP contribution in [0.15, 0.2) is 23.1 Å². The van der Waals surface area contributed by atoms with Gasteiger partial charge in [0.2, 0.25) is 0 Å². The van der Waals surface area contributed by atoms with Crippen molar-refractivity contribution in [1.29, 1.82) is 0 Å². The first-order chi connectivity index (χ1) is 8.58. The number of nitrogens with one attached hydrogen (secondary N) is 1. The molecule has 1 heterocycles. The van der Waals surface area contributed by atoms with Crippen molar-refractivity contribution in [3.05, 3.63) is 34.2 Å². The minimum atomic E-state index is -0.321. The largest absolute Gasteiger partial charge is 0.345 e. The van der Waals surface area contributed by atoms with Crippen molar-refractivity contribution in [1.82, 2.24) is 9.88 Å². The zero-order chi connectivity index (χ0) is 13.2. The Kier molecular flexibility index (Phi) is 5.14. The number of hydrogen-bond acceptors (Lipinski definition) is 3. The molecule has 1 aliphatic carbocycles. The molecule has 0 aromatic carbocycles. The molecule has 6 heteroatoms. The monoisotopic (exact) mass is 285 g/mol. The molecule has 0 spiro atoms. The Balaban J connectivity index is 0.00000180. The van der Waals surface area contributed by atoms with Gasteiger partial charge in [-0.2, -0.15) is 0 Å². The normalized spacial score (nSPS) is 16.7. The third-order valence-corrected chi connectivity index (χ3v) is 3.70. The van der Waals surface area contributed by atoms with E-state index in [0.29, 0.717) is 6.54 Å². The molecule has 1 fully saturated rings. The van der Waals surface area contributed by atoms with Crippen LogP contribution < -0.4 is 16.6 Å². The van der Waals surface area contributed by atoms with Gasteiger partial charge in [0, 0.05) is 19.8 Å². The average molecular weight is 286 g/mol. The molecule has 106 valence electrons. The fraction of sp³-hybridized carbons (Fsp3) is 0.538. The summed E-state index contributed by atoms with van der Waals surface area (Å²) in [7, 11) is 1.63. The van der Waals surface area contributed by atoms with Gasteiger partial charge in [-0.05, 0) is 25.0 Å². The molecule has 1 saturated carbocycles. The van der Waals surface area contributed by atoms with Crippen molar-refractivity contribution in [3.8, 4) is 0 Å². The Bertz CT molecular complexity index is 507. The first-order valence-corrected chi connectivity index (χ1v) is 6.26. The standard InChI is InChI=1S/C13H19N3O2.ClH/c1-16-8-4-5-10(12(16)18)11(17)15-13(9-14)6-2-3-7-13;/h4-5,8H,2-3,6-7,9,14H2,1H3,(H,15,17);1H. The Morgan fingerprint density at radius 3 is 2.68 bits per heavy atom. The van der Waals surface area contributed by atoms with Crippen molar-refractivity contribution in [2.45, 2.75) is 31.2 Å². The van der Waals surface area contributed by atoms with Crippen molar-refractivity contribution in [2.24, 2.45) is 12.8 Å². The molecule has 0 unspecified atom stereocenters. The highest BCUT2D eigenvalue weighted by atomic mass is 35.5. The predicted molar refractivity (Wildman–Crippen MR) is 76.7 cm³/mol. The summed E-state index contributed by atoms with van der Waals surface area (Å²) < 4.78 is 1.40. The second kappa shape index (κ2) is 6.21. The van der Waals surface area contributed by atoms with Crippen molar-refractivity contribution in [2.75, 3.05) is 6.54 Å². The summed E-state index contributed by atoms with van der Waals surface area (Å²) in [5, 5.41) is 2.95. The Labute approximate surface area is 118 Å². The van der Waals surface area contributed by atoms with Crippen LogP contribution in [-0.4, -0.2) is 22.6 Å². The van der Waals surface area contributed by atoms with E-state index in [1.54, 1.807) is 25.4 Å². The van der Waals surface area contributed by atoms with Gasteiger partial charge in [-0.1, -0.05) is 12.8 Å². The molecule has 1 aromatic heterocycles. The van der Waals surface area contributed by atoms with E-state index < -0.39 is 0 Å². The maximum Gasteiger partial charge on any atom is 0.263 e. The minimum absolute atomic E-state index is 0. The number of nitrogens with zero attached hydrogens (tertiary/aromatic N) is 1. The summed E-state index contributed by atoms with van der Waals surface area (Å²) in [6, 6.07) is 3.25. The maximum atomic E-state index is 12.2. The van der Waals surface area contributed by atoms with E-state index >= 15 is 0 Å². The summed E-state index contributed by atoms with van der Waals surface area (Å²) in [6.07, 6.45) is 5.56. The molecule has 5 nitrogen and oxygen atoms in total. The van der Waals surface area contributed by atoms with E-state index in [-0.39, 0.29) is 35.0 Å². The lowest BCUT2D eigenvalue weighted by Crippen LogP contribution is -2.52. The summed E-state index contributed by atoms with van der Waals surface area (Å²) in [5.74, 6) is -0.316. The van der Waals surface area contributed by atoms with Crippen LogP contribution in [0.25, 0.3) is 0 Å². The van der Waals surface area contributed by atoms with Crippen molar-refractivity contribution < 1.29 is 4.79 Å². The molecule has 0 bridgehead atoms. The van der Waals surface area contributed by atoms with E-state index in [1.807, 2.05) is 0 Å². The van der Waals surface area contributed by atoms with Crippen LogP contribution >= 0.6 is 12.4 Å². The highest BCUT2D eigenvalue weighted by Gasteiger charge is 2.34. The van der Waals surface area contributed by atoms with Crippen LogP contribution in [0.5, 0.6) is 0 Å². The van der Waals surface area contributed by atoms with Gasteiger partial charge in [-0.15, -0.1) is 12.4 Å². The number of rotatable bonds is 3. The molecule has 0 aliphatic heterocycles. The number of hydrogen-bond donors (Lipinski definition) is 2. The molecule has 1 amide bonds. The number of nitrogens with two attached hydrogens (primary N) is 1. The van der Waals surface area contributed by atoms with Gasteiger partial charge in [-0.3, -0.25) is 9.59 Å². The zero-order valence-corrected chi connectivity index (χ0v) is 11.8. The number of halogens is 1. The molecular formula is C13H20ClN3O2. The fourth-order valence-electron chi connectivity index (χ4n) is 2.51.